The van der Waals surface area contributed by atoms with E-state index in [-0.39, 0.29) is 5.91 Å². The summed E-state index contributed by atoms with van der Waals surface area (Å²) >= 11 is 1.44. The number of fused-ring (bicyclic) bond motifs is 3. The van der Waals surface area contributed by atoms with Gasteiger partial charge in [0.1, 0.15) is 11.2 Å². The minimum Gasteiger partial charge on any atom is -0.335 e. The maximum Gasteiger partial charge on any atom is 0.278 e. The summed E-state index contributed by atoms with van der Waals surface area (Å²) in [4.78, 5) is 23.8. The highest BCUT2D eigenvalue weighted by molar-refractivity contribution is 7.12. The average molecular weight is 327 g/mol. The third-order valence-electron chi connectivity index (χ3n) is 4.29. The SMILES string of the molecule is CN1Cc2c(-c3nc(C4CC4)no3)ncn2-c2ccsc2C1=O. The van der Waals surface area contributed by atoms with Crippen LogP contribution in [0.1, 0.15) is 39.9 Å². The fraction of sp³-hybridized carbons (Fsp3) is 0.333. The molecule has 0 aromatic carbocycles. The van der Waals surface area contributed by atoms with Gasteiger partial charge in [-0.05, 0) is 24.3 Å². The van der Waals surface area contributed by atoms with Crippen molar-refractivity contribution >= 4 is 17.2 Å². The summed E-state index contributed by atoms with van der Waals surface area (Å²) in [5.41, 5.74) is 2.41. The van der Waals surface area contributed by atoms with Crippen LogP contribution in [0, 0.1) is 0 Å². The molecule has 3 aromatic rings. The van der Waals surface area contributed by atoms with Gasteiger partial charge in [0.2, 0.25) is 0 Å². The first-order valence-corrected chi connectivity index (χ1v) is 8.34. The number of hydrogen-bond acceptors (Lipinski definition) is 6. The minimum absolute atomic E-state index is 0.0221. The number of hydrogen-bond donors (Lipinski definition) is 0. The van der Waals surface area contributed by atoms with Gasteiger partial charge in [-0.15, -0.1) is 11.3 Å². The number of carbonyl (C=O) groups is 1. The van der Waals surface area contributed by atoms with E-state index in [9.17, 15) is 4.79 Å². The molecular formula is C15H13N5O2S. The zero-order valence-corrected chi connectivity index (χ0v) is 13.2. The largest absolute Gasteiger partial charge is 0.335 e. The molecule has 3 aromatic heterocycles. The summed E-state index contributed by atoms with van der Waals surface area (Å²) in [5, 5.41) is 5.98. The molecular weight excluding hydrogens is 314 g/mol. The lowest BCUT2D eigenvalue weighted by atomic mass is 10.3. The molecule has 0 bridgehead atoms. The molecule has 0 saturated heterocycles. The van der Waals surface area contributed by atoms with E-state index in [2.05, 4.69) is 15.1 Å². The van der Waals surface area contributed by atoms with Gasteiger partial charge in [-0.25, -0.2) is 4.98 Å². The molecule has 8 heteroatoms. The van der Waals surface area contributed by atoms with Gasteiger partial charge in [-0.1, -0.05) is 5.16 Å². The number of imidazole rings is 1. The number of thiophene rings is 1. The van der Waals surface area contributed by atoms with Crippen LogP contribution in [-0.2, 0) is 6.54 Å². The van der Waals surface area contributed by atoms with Crippen LogP contribution in [0.3, 0.4) is 0 Å². The van der Waals surface area contributed by atoms with E-state index in [0.29, 0.717) is 24.0 Å². The van der Waals surface area contributed by atoms with Crippen LogP contribution in [0.15, 0.2) is 22.3 Å². The molecule has 4 heterocycles. The maximum atomic E-state index is 12.5. The van der Waals surface area contributed by atoms with Crippen LogP contribution in [0.25, 0.3) is 17.3 Å². The molecule has 1 aliphatic heterocycles. The van der Waals surface area contributed by atoms with E-state index >= 15 is 0 Å². The second kappa shape index (κ2) is 4.51. The zero-order chi connectivity index (χ0) is 15.6. The molecule has 0 spiro atoms. The van der Waals surface area contributed by atoms with Gasteiger partial charge in [0, 0.05) is 13.0 Å². The summed E-state index contributed by atoms with van der Waals surface area (Å²) in [7, 11) is 1.79. The van der Waals surface area contributed by atoms with Gasteiger partial charge in [0.15, 0.2) is 11.5 Å². The number of carbonyl (C=O) groups excluding carboxylic acids is 1. The van der Waals surface area contributed by atoms with E-state index in [1.165, 1.54) is 11.3 Å². The van der Waals surface area contributed by atoms with Gasteiger partial charge in [-0.3, -0.25) is 9.36 Å². The standard InChI is InChI=1S/C15H13N5O2S/c1-19-6-10-11(14-17-13(18-22-14)8-2-3-8)16-7-20(10)9-4-5-23-12(9)15(19)21/h4-5,7-8H,2-3,6H2,1H3. The Morgan fingerprint density at radius 1 is 1.39 bits per heavy atom. The number of nitrogens with zero attached hydrogens (tertiary/aromatic N) is 5. The molecule has 0 atom stereocenters. The summed E-state index contributed by atoms with van der Waals surface area (Å²) in [6.45, 7) is 0.455. The lowest BCUT2D eigenvalue weighted by molar-refractivity contribution is 0.0792. The minimum atomic E-state index is 0.0221. The van der Waals surface area contributed by atoms with Crippen molar-refractivity contribution in [1.82, 2.24) is 24.6 Å². The van der Waals surface area contributed by atoms with Gasteiger partial charge < -0.3 is 9.42 Å². The Hall–Kier alpha value is -2.48. The van der Waals surface area contributed by atoms with Crippen molar-refractivity contribution < 1.29 is 9.32 Å². The highest BCUT2D eigenvalue weighted by Crippen LogP contribution is 2.39. The van der Waals surface area contributed by atoms with E-state index in [0.717, 1.165) is 34.9 Å². The van der Waals surface area contributed by atoms with Crippen molar-refractivity contribution in [2.75, 3.05) is 7.05 Å². The maximum absolute atomic E-state index is 12.5. The molecule has 0 radical (unpaired) electrons. The van der Waals surface area contributed by atoms with Crippen molar-refractivity contribution in [2.24, 2.45) is 0 Å². The van der Waals surface area contributed by atoms with Crippen LogP contribution in [0.5, 0.6) is 0 Å². The van der Waals surface area contributed by atoms with Crippen molar-refractivity contribution in [3.8, 4) is 17.3 Å². The van der Waals surface area contributed by atoms with Crippen molar-refractivity contribution in [3.05, 3.63) is 34.2 Å². The predicted octanol–water partition coefficient (Wildman–Crippen LogP) is 2.45. The topological polar surface area (TPSA) is 77.1 Å². The Balaban J connectivity index is 1.66. The Morgan fingerprint density at radius 3 is 3.09 bits per heavy atom. The first-order chi connectivity index (χ1) is 11.2. The van der Waals surface area contributed by atoms with Crippen molar-refractivity contribution in [3.63, 3.8) is 0 Å². The van der Waals surface area contributed by atoms with Crippen LogP contribution in [0.4, 0.5) is 0 Å². The van der Waals surface area contributed by atoms with Gasteiger partial charge in [0.25, 0.3) is 11.8 Å². The highest BCUT2D eigenvalue weighted by Gasteiger charge is 2.32. The molecule has 0 N–H and O–H groups in total. The quantitative estimate of drug-likeness (QED) is 0.722. The monoisotopic (exact) mass is 327 g/mol. The summed E-state index contributed by atoms with van der Waals surface area (Å²) in [6, 6.07) is 1.94. The Morgan fingerprint density at radius 2 is 2.26 bits per heavy atom. The second-order valence-electron chi connectivity index (χ2n) is 5.94. The van der Waals surface area contributed by atoms with Gasteiger partial charge in [-0.2, -0.15) is 4.98 Å². The first-order valence-electron chi connectivity index (χ1n) is 7.46. The smallest absolute Gasteiger partial charge is 0.278 e. The first kappa shape index (κ1) is 13.0. The normalized spacial score (nSPS) is 17.1. The molecule has 1 aliphatic carbocycles. The number of rotatable bonds is 2. The average Bonchev–Trinajstić information content (AvgIpc) is 2.99. The summed E-state index contributed by atoms with van der Waals surface area (Å²) in [6.07, 6.45) is 3.97. The van der Waals surface area contributed by atoms with E-state index < -0.39 is 0 Å². The molecule has 116 valence electrons. The number of amides is 1. The molecule has 1 saturated carbocycles. The summed E-state index contributed by atoms with van der Waals surface area (Å²) in [5.74, 6) is 1.64. The van der Waals surface area contributed by atoms with Gasteiger partial charge in [0.05, 0.1) is 17.9 Å². The van der Waals surface area contributed by atoms with Crippen LogP contribution < -0.4 is 0 Å². The second-order valence-corrected chi connectivity index (χ2v) is 6.85. The molecule has 2 aliphatic rings. The molecule has 23 heavy (non-hydrogen) atoms. The number of aromatic nitrogens is 4. The summed E-state index contributed by atoms with van der Waals surface area (Å²) < 4.78 is 7.36. The fourth-order valence-electron chi connectivity index (χ4n) is 2.87. The Labute approximate surface area is 135 Å². The third-order valence-corrected chi connectivity index (χ3v) is 5.18. The predicted molar refractivity (Wildman–Crippen MR) is 82.5 cm³/mol. The zero-order valence-electron chi connectivity index (χ0n) is 12.4. The van der Waals surface area contributed by atoms with E-state index in [1.807, 2.05) is 16.0 Å². The van der Waals surface area contributed by atoms with E-state index in [4.69, 9.17) is 4.52 Å². The van der Waals surface area contributed by atoms with Crippen LogP contribution >= 0.6 is 11.3 Å². The molecule has 7 nitrogen and oxygen atoms in total. The van der Waals surface area contributed by atoms with Crippen molar-refractivity contribution in [1.29, 1.82) is 0 Å². The van der Waals surface area contributed by atoms with Crippen LogP contribution in [-0.4, -0.2) is 37.5 Å². The molecule has 1 amide bonds. The lowest BCUT2D eigenvalue weighted by Crippen LogP contribution is -2.24. The van der Waals surface area contributed by atoms with Crippen LogP contribution in [0.2, 0.25) is 0 Å². The Bertz CT molecular complexity index is 920. The molecule has 5 rings (SSSR count). The van der Waals surface area contributed by atoms with E-state index in [1.54, 1.807) is 18.3 Å². The third kappa shape index (κ3) is 1.88. The highest BCUT2D eigenvalue weighted by atomic mass is 32.1. The Kier molecular flexibility index (Phi) is 2.55. The molecule has 1 fully saturated rings. The van der Waals surface area contributed by atoms with Crippen molar-refractivity contribution in [2.45, 2.75) is 25.3 Å². The fourth-order valence-corrected chi connectivity index (χ4v) is 3.75. The lowest BCUT2D eigenvalue weighted by Gasteiger charge is -2.13. The van der Waals surface area contributed by atoms with Gasteiger partial charge >= 0.3 is 0 Å². The molecule has 0 unspecified atom stereocenters.